The van der Waals surface area contributed by atoms with E-state index in [0.717, 1.165) is 0 Å². The minimum absolute atomic E-state index is 0.0496. The molecule has 26 N–H and O–H groups in total. The monoisotopic (exact) mass is 1100 g/mol. The molecule has 1 aliphatic rings. The number of hydrogen-bond donors (Lipinski definition) is 21. The lowest BCUT2D eigenvalue weighted by atomic mass is 10.0. The number of carbonyl (C=O) groups excluding carboxylic acids is 9. The fourth-order valence-electron chi connectivity index (χ4n) is 8.04. The van der Waals surface area contributed by atoms with Gasteiger partial charge in [0.25, 0.3) is 0 Å². The molecule has 0 spiro atoms. The van der Waals surface area contributed by atoms with E-state index in [-0.39, 0.29) is 121 Å². The molecule has 3 rings (SSSR count). The summed E-state index contributed by atoms with van der Waals surface area (Å²) in [6.45, 7) is -0.466. The van der Waals surface area contributed by atoms with Gasteiger partial charge in [-0.3, -0.25) is 64.8 Å². The Balaban J connectivity index is 2.23. The molecule has 0 aliphatic carbocycles. The first kappa shape index (κ1) is 64.0. The van der Waals surface area contributed by atoms with Gasteiger partial charge < -0.3 is 92.5 Å². The van der Waals surface area contributed by atoms with Crippen molar-refractivity contribution in [2.24, 2.45) is 28.7 Å². The largest absolute Gasteiger partial charge is 0.370 e. The maximum Gasteiger partial charge on any atom is 0.243 e. The Morgan fingerprint density at radius 1 is 0.405 bits per heavy atom. The number of benzene rings is 2. The molecule has 79 heavy (non-hydrogen) atoms. The second-order valence-corrected chi connectivity index (χ2v) is 18.5. The molecule has 2 aromatic rings. The molecule has 0 saturated carbocycles. The highest BCUT2D eigenvalue weighted by molar-refractivity contribution is 5.98. The third-order valence-electron chi connectivity index (χ3n) is 12.1. The van der Waals surface area contributed by atoms with Crippen molar-refractivity contribution in [2.45, 2.75) is 119 Å². The molecule has 1 heterocycles. The molecule has 1 aliphatic heterocycles. The topological polar surface area (TPSA) is 523 Å². The van der Waals surface area contributed by atoms with Crippen molar-refractivity contribution in [1.82, 2.24) is 63.8 Å². The van der Waals surface area contributed by atoms with Crippen molar-refractivity contribution < 1.29 is 43.2 Å². The SMILES string of the molecule is N=C(N)NCCC[C@@H]1NC(=O)[C@H](Cc2ccccc2)NC(=O)CNC(=O)[C@H](Cc2ccccc2)NC(=O)[C@H](CCC(N)=O)NC(=O)[C@H](CCCNC(=N)N)NC(=O)[C@H](CCCNC(=N)N)NC(=O)[C@H](CCCNC(=N)N)NC1=O. The molecule has 0 aromatic heterocycles. The minimum Gasteiger partial charge on any atom is -0.370 e. The van der Waals surface area contributed by atoms with Crippen LogP contribution in [0.5, 0.6) is 0 Å². The van der Waals surface area contributed by atoms with Crippen LogP contribution in [-0.2, 0) is 56.0 Å². The van der Waals surface area contributed by atoms with Crippen molar-refractivity contribution in [3.05, 3.63) is 71.8 Å². The summed E-state index contributed by atoms with van der Waals surface area (Å²) in [5.41, 5.74) is 28.6. The Labute approximate surface area is 456 Å². The van der Waals surface area contributed by atoms with E-state index in [1.807, 2.05) is 0 Å². The number of amides is 9. The van der Waals surface area contributed by atoms with Crippen LogP contribution in [-0.4, -0.2) is 152 Å². The van der Waals surface area contributed by atoms with Crippen LogP contribution in [0.3, 0.4) is 0 Å². The fraction of sp³-hybridized carbons (Fsp3) is 0.490. The normalized spacial score (nSPS) is 21.0. The summed E-state index contributed by atoms with van der Waals surface area (Å²) < 4.78 is 0. The van der Waals surface area contributed by atoms with Gasteiger partial charge in [-0.1, -0.05) is 60.7 Å². The van der Waals surface area contributed by atoms with Gasteiger partial charge in [0, 0.05) is 45.4 Å². The van der Waals surface area contributed by atoms with E-state index >= 15 is 0 Å². The van der Waals surface area contributed by atoms with Crippen LogP contribution in [0.1, 0.15) is 75.3 Å². The molecule has 30 heteroatoms. The number of carbonyl (C=O) groups is 9. The maximum absolute atomic E-state index is 14.5. The molecule has 0 radical (unpaired) electrons. The lowest BCUT2D eigenvalue weighted by Crippen LogP contribution is -2.61. The standard InChI is InChI=1S/C49H77N21O9/c50-37(71)20-19-34-44(78)70-35(25-28-11-3-1-4-12-28)39(73)63-27-38(72)64-36(26-29-13-5-2-6-14-29)45(79)68-33(18-10-24-62-49(57)58)42(76)66-31(16-8-22-60-47(53)54)40(74)65-30(15-7-21-59-46(51)52)41(75)67-32(43(77)69-34)17-9-23-61-48(55)56/h1-6,11-14,30-36H,7-10,15-27H2,(H2,50,71)(H,63,73)(H,64,72)(H,65,74)(H,66,76)(H,67,75)(H,68,79)(H,69,77)(H,70,78)(H4,51,52,59)(H4,53,54,60)(H4,55,56,61)(H4,57,58,62)/t30-,31-,32-,33-,34-,35-,36-/m0/s1. The third kappa shape index (κ3) is 25.9. The van der Waals surface area contributed by atoms with Crippen molar-refractivity contribution >= 4 is 77.0 Å². The highest BCUT2D eigenvalue weighted by Gasteiger charge is 2.35. The van der Waals surface area contributed by atoms with Gasteiger partial charge in [-0.25, -0.2) is 0 Å². The van der Waals surface area contributed by atoms with E-state index in [2.05, 4.69) is 63.8 Å². The lowest BCUT2D eigenvalue weighted by molar-refractivity contribution is -0.136. The molecule has 30 nitrogen and oxygen atoms in total. The maximum atomic E-state index is 14.5. The number of guanidine groups is 4. The van der Waals surface area contributed by atoms with Crippen molar-refractivity contribution in [3.63, 3.8) is 0 Å². The first-order chi connectivity index (χ1) is 37.6. The lowest BCUT2D eigenvalue weighted by Gasteiger charge is -2.28. The van der Waals surface area contributed by atoms with Crippen LogP contribution in [0, 0.1) is 21.6 Å². The molecule has 0 bridgehead atoms. The van der Waals surface area contributed by atoms with Gasteiger partial charge in [-0.2, -0.15) is 0 Å². The van der Waals surface area contributed by atoms with Crippen molar-refractivity contribution in [1.29, 1.82) is 21.6 Å². The molecule has 7 atom stereocenters. The summed E-state index contributed by atoms with van der Waals surface area (Å²) in [6, 6.07) is 6.91. The van der Waals surface area contributed by atoms with Gasteiger partial charge in [-0.05, 0) is 68.9 Å². The summed E-state index contributed by atoms with van der Waals surface area (Å²) in [5, 5.41) is 61.8. The Morgan fingerprint density at radius 2 is 0.684 bits per heavy atom. The average molecular weight is 1100 g/mol. The third-order valence-corrected chi connectivity index (χ3v) is 12.1. The molecule has 2 aromatic carbocycles. The number of nitrogens with two attached hydrogens (primary N) is 5. The first-order valence-corrected chi connectivity index (χ1v) is 25.7. The zero-order chi connectivity index (χ0) is 58.3. The van der Waals surface area contributed by atoms with Gasteiger partial charge in [0.2, 0.25) is 53.2 Å². The zero-order valence-electron chi connectivity index (χ0n) is 43.9. The van der Waals surface area contributed by atoms with Crippen LogP contribution in [0.4, 0.5) is 0 Å². The molecule has 1 fully saturated rings. The van der Waals surface area contributed by atoms with E-state index < -0.39 is 108 Å². The predicted octanol–water partition coefficient (Wildman–Crippen LogP) is -5.69. The number of rotatable bonds is 23. The predicted molar refractivity (Wildman–Crippen MR) is 292 cm³/mol. The van der Waals surface area contributed by atoms with E-state index in [4.69, 9.17) is 50.3 Å². The molecular formula is C49H77N21O9. The van der Waals surface area contributed by atoms with Gasteiger partial charge in [0.05, 0.1) is 6.54 Å². The first-order valence-electron chi connectivity index (χ1n) is 25.7. The van der Waals surface area contributed by atoms with E-state index in [1.54, 1.807) is 60.7 Å². The zero-order valence-corrected chi connectivity index (χ0v) is 43.9. The second kappa shape index (κ2) is 34.4. The highest BCUT2D eigenvalue weighted by Crippen LogP contribution is 2.11. The number of hydrogen-bond acceptors (Lipinski definition) is 13. The quantitative estimate of drug-likeness (QED) is 0.0280. The minimum atomic E-state index is -1.56. The fourth-order valence-corrected chi connectivity index (χ4v) is 8.04. The van der Waals surface area contributed by atoms with E-state index in [1.165, 1.54) is 0 Å². The summed E-state index contributed by atoms with van der Waals surface area (Å²) in [6.07, 6.45) is -1.10. The van der Waals surface area contributed by atoms with Crippen LogP contribution in [0.25, 0.3) is 0 Å². The highest BCUT2D eigenvalue weighted by atomic mass is 16.2. The van der Waals surface area contributed by atoms with Crippen LogP contribution in [0.15, 0.2) is 60.7 Å². The van der Waals surface area contributed by atoms with Crippen LogP contribution in [0.2, 0.25) is 0 Å². The summed E-state index contributed by atoms with van der Waals surface area (Å²) >= 11 is 0. The number of nitrogens with one attached hydrogen (secondary N) is 16. The van der Waals surface area contributed by atoms with Gasteiger partial charge in [0.15, 0.2) is 23.8 Å². The second-order valence-electron chi connectivity index (χ2n) is 18.5. The molecule has 9 amide bonds. The summed E-state index contributed by atoms with van der Waals surface area (Å²) in [7, 11) is 0. The Morgan fingerprint density at radius 3 is 0.987 bits per heavy atom. The summed E-state index contributed by atoms with van der Waals surface area (Å²) in [4.78, 5) is 127. The van der Waals surface area contributed by atoms with Gasteiger partial charge in [-0.15, -0.1) is 0 Å². The molecule has 432 valence electrons. The molecular weight excluding hydrogens is 1030 g/mol. The summed E-state index contributed by atoms with van der Waals surface area (Å²) in [5.74, 6) is -9.47. The molecule has 0 unspecified atom stereocenters. The smallest absolute Gasteiger partial charge is 0.243 e. The average Bonchev–Trinajstić information content (AvgIpc) is 3.40. The van der Waals surface area contributed by atoms with Gasteiger partial charge in [0.1, 0.15) is 42.3 Å². The van der Waals surface area contributed by atoms with Crippen LogP contribution >= 0.6 is 0 Å². The van der Waals surface area contributed by atoms with Gasteiger partial charge >= 0.3 is 0 Å². The van der Waals surface area contributed by atoms with Crippen molar-refractivity contribution in [2.75, 3.05) is 32.7 Å². The van der Waals surface area contributed by atoms with Crippen LogP contribution < -0.4 is 92.5 Å². The van der Waals surface area contributed by atoms with E-state index in [9.17, 15) is 43.2 Å². The Bertz CT molecular complexity index is 2430. The Kier molecular flexibility index (Phi) is 27.9. The number of primary amides is 1. The Hall–Kier alpha value is -9.25. The molecule has 1 saturated heterocycles. The van der Waals surface area contributed by atoms with Crippen molar-refractivity contribution in [3.8, 4) is 0 Å². The van der Waals surface area contributed by atoms with E-state index in [0.29, 0.717) is 11.1 Å².